The highest BCUT2D eigenvalue weighted by Crippen LogP contribution is 2.09. The lowest BCUT2D eigenvalue weighted by molar-refractivity contribution is 0.371. The molecule has 2 heterocycles. The molecular formula is C14H24N8O. The van der Waals surface area contributed by atoms with Crippen molar-refractivity contribution >= 4 is 5.96 Å². The lowest BCUT2D eigenvalue weighted by Gasteiger charge is -2.10. The number of aromatic nitrogens is 5. The third-order valence-electron chi connectivity index (χ3n) is 3.16. The van der Waals surface area contributed by atoms with Gasteiger partial charge in [0.05, 0.1) is 0 Å². The topological polar surface area (TPSA) is 106 Å². The number of guanidine groups is 1. The molecule has 0 aliphatic heterocycles. The summed E-state index contributed by atoms with van der Waals surface area (Å²) in [5.74, 6) is 3.17. The molecule has 0 radical (unpaired) electrons. The number of aliphatic imine (C=N–C) groups is 1. The summed E-state index contributed by atoms with van der Waals surface area (Å²) in [6.45, 7) is 7.99. The van der Waals surface area contributed by atoms with Crippen LogP contribution < -0.4 is 10.6 Å². The Morgan fingerprint density at radius 2 is 2.22 bits per heavy atom. The van der Waals surface area contributed by atoms with Gasteiger partial charge in [-0.2, -0.15) is 10.1 Å². The van der Waals surface area contributed by atoms with Crippen molar-refractivity contribution in [3.8, 4) is 0 Å². The Morgan fingerprint density at radius 1 is 1.39 bits per heavy atom. The minimum absolute atomic E-state index is 0.269. The van der Waals surface area contributed by atoms with Crippen LogP contribution in [0.2, 0.25) is 0 Å². The highest BCUT2D eigenvalue weighted by molar-refractivity contribution is 5.79. The second kappa shape index (κ2) is 8.25. The van der Waals surface area contributed by atoms with Crippen molar-refractivity contribution in [3.63, 3.8) is 0 Å². The monoisotopic (exact) mass is 320 g/mol. The van der Waals surface area contributed by atoms with Crippen LogP contribution in [0.3, 0.4) is 0 Å². The molecule has 126 valence electrons. The fourth-order valence-corrected chi connectivity index (χ4v) is 1.85. The van der Waals surface area contributed by atoms with E-state index in [4.69, 9.17) is 4.52 Å². The molecule has 9 nitrogen and oxygen atoms in total. The second-order valence-corrected chi connectivity index (χ2v) is 5.37. The summed E-state index contributed by atoms with van der Waals surface area (Å²) in [7, 11) is 1.85. The van der Waals surface area contributed by atoms with E-state index in [1.54, 1.807) is 4.68 Å². The van der Waals surface area contributed by atoms with Crippen LogP contribution in [0.4, 0.5) is 0 Å². The standard InChI is InChI=1S/C14H24N8O/c1-5-15-14(17-8-11-18-9-19-22(11)4)16-7-6-12-20-13(10(2)3)21-23-12/h9-10H,5-8H2,1-4H3,(H2,15,16,17). The Labute approximate surface area is 135 Å². The van der Waals surface area contributed by atoms with Gasteiger partial charge in [0, 0.05) is 32.5 Å². The van der Waals surface area contributed by atoms with Crippen LogP contribution in [0.25, 0.3) is 0 Å². The molecule has 2 rings (SSSR count). The van der Waals surface area contributed by atoms with Crippen LogP contribution in [0.15, 0.2) is 15.8 Å². The quantitative estimate of drug-likeness (QED) is 0.569. The van der Waals surface area contributed by atoms with Gasteiger partial charge in [0.15, 0.2) is 11.8 Å². The summed E-state index contributed by atoms with van der Waals surface area (Å²) in [6, 6.07) is 0. The number of nitrogens with zero attached hydrogens (tertiary/aromatic N) is 6. The van der Waals surface area contributed by atoms with Gasteiger partial charge in [-0.05, 0) is 6.92 Å². The van der Waals surface area contributed by atoms with Crippen LogP contribution in [-0.4, -0.2) is 44.0 Å². The first kappa shape index (κ1) is 16.9. The number of aryl methyl sites for hydroxylation is 1. The van der Waals surface area contributed by atoms with Gasteiger partial charge in [0.2, 0.25) is 5.89 Å². The first-order valence-electron chi connectivity index (χ1n) is 7.77. The van der Waals surface area contributed by atoms with E-state index in [-0.39, 0.29) is 5.92 Å². The molecule has 0 spiro atoms. The average Bonchev–Trinajstić information content (AvgIpc) is 3.14. The Hall–Kier alpha value is -2.45. The van der Waals surface area contributed by atoms with E-state index in [0.29, 0.717) is 25.4 Å². The van der Waals surface area contributed by atoms with Crippen molar-refractivity contribution in [1.29, 1.82) is 0 Å². The molecule has 0 amide bonds. The molecule has 0 aliphatic carbocycles. The molecule has 0 unspecified atom stereocenters. The number of hydrogen-bond acceptors (Lipinski definition) is 6. The Morgan fingerprint density at radius 3 is 2.83 bits per heavy atom. The van der Waals surface area contributed by atoms with Gasteiger partial charge in [-0.15, -0.1) is 0 Å². The summed E-state index contributed by atoms with van der Waals surface area (Å²) in [5.41, 5.74) is 0. The zero-order valence-electron chi connectivity index (χ0n) is 14.1. The minimum atomic E-state index is 0.269. The molecule has 0 aromatic carbocycles. The SMILES string of the molecule is CCNC(=NCc1ncnn1C)NCCc1nc(C(C)C)no1. The van der Waals surface area contributed by atoms with Crippen molar-refractivity contribution in [3.05, 3.63) is 23.9 Å². The Balaban J connectivity index is 1.85. The van der Waals surface area contributed by atoms with Crippen molar-refractivity contribution in [2.24, 2.45) is 12.0 Å². The highest BCUT2D eigenvalue weighted by atomic mass is 16.5. The first-order valence-corrected chi connectivity index (χ1v) is 7.77. The molecule has 0 bridgehead atoms. The molecule has 9 heteroatoms. The molecule has 2 aromatic heterocycles. The summed E-state index contributed by atoms with van der Waals surface area (Å²) in [4.78, 5) is 13.0. The van der Waals surface area contributed by atoms with Gasteiger partial charge in [-0.25, -0.2) is 9.98 Å². The Bertz CT molecular complexity index is 630. The summed E-state index contributed by atoms with van der Waals surface area (Å²) in [6.07, 6.45) is 2.17. The summed E-state index contributed by atoms with van der Waals surface area (Å²) < 4.78 is 6.93. The number of rotatable bonds is 7. The first-order chi connectivity index (χ1) is 11.1. The van der Waals surface area contributed by atoms with Gasteiger partial charge in [-0.1, -0.05) is 19.0 Å². The maximum Gasteiger partial charge on any atom is 0.228 e. The van der Waals surface area contributed by atoms with Gasteiger partial charge in [0.25, 0.3) is 0 Å². The average molecular weight is 320 g/mol. The number of nitrogens with one attached hydrogen (secondary N) is 2. The predicted molar refractivity (Wildman–Crippen MR) is 85.9 cm³/mol. The highest BCUT2D eigenvalue weighted by Gasteiger charge is 2.09. The molecule has 0 atom stereocenters. The predicted octanol–water partition coefficient (Wildman–Crippen LogP) is 0.619. The number of hydrogen-bond donors (Lipinski definition) is 2. The van der Waals surface area contributed by atoms with Crippen LogP contribution in [0.1, 0.15) is 44.2 Å². The van der Waals surface area contributed by atoms with E-state index in [9.17, 15) is 0 Å². The van der Waals surface area contributed by atoms with E-state index in [2.05, 4.69) is 35.8 Å². The molecular weight excluding hydrogens is 296 g/mol. The molecule has 0 aliphatic rings. The molecule has 23 heavy (non-hydrogen) atoms. The van der Waals surface area contributed by atoms with E-state index in [1.165, 1.54) is 6.33 Å². The molecule has 0 saturated heterocycles. The van der Waals surface area contributed by atoms with Crippen molar-refractivity contribution < 1.29 is 4.52 Å². The van der Waals surface area contributed by atoms with Crippen LogP contribution in [0.5, 0.6) is 0 Å². The lowest BCUT2D eigenvalue weighted by Crippen LogP contribution is -2.38. The van der Waals surface area contributed by atoms with Crippen molar-refractivity contribution in [2.45, 2.75) is 39.7 Å². The van der Waals surface area contributed by atoms with Gasteiger partial charge >= 0.3 is 0 Å². The fourth-order valence-electron chi connectivity index (χ4n) is 1.85. The van der Waals surface area contributed by atoms with Gasteiger partial charge in [0.1, 0.15) is 18.7 Å². The molecule has 0 fully saturated rings. The zero-order chi connectivity index (χ0) is 16.7. The Kier molecular flexibility index (Phi) is 6.07. The third kappa shape index (κ3) is 5.04. The third-order valence-corrected chi connectivity index (χ3v) is 3.16. The van der Waals surface area contributed by atoms with E-state index in [1.807, 2.05) is 27.8 Å². The smallest absolute Gasteiger partial charge is 0.228 e. The lowest BCUT2D eigenvalue weighted by atomic mass is 10.2. The maximum absolute atomic E-state index is 5.22. The normalized spacial score (nSPS) is 12.0. The van der Waals surface area contributed by atoms with E-state index in [0.717, 1.165) is 24.2 Å². The minimum Gasteiger partial charge on any atom is -0.357 e. The maximum atomic E-state index is 5.22. The fraction of sp³-hybridized carbons (Fsp3) is 0.643. The zero-order valence-corrected chi connectivity index (χ0v) is 14.1. The summed E-state index contributed by atoms with van der Waals surface area (Å²) in [5, 5.41) is 14.4. The second-order valence-electron chi connectivity index (χ2n) is 5.37. The molecule has 2 N–H and O–H groups in total. The van der Waals surface area contributed by atoms with Gasteiger partial charge in [-0.3, -0.25) is 4.68 Å². The van der Waals surface area contributed by atoms with Crippen LogP contribution in [-0.2, 0) is 20.0 Å². The van der Waals surface area contributed by atoms with Gasteiger partial charge < -0.3 is 15.2 Å². The van der Waals surface area contributed by atoms with Crippen molar-refractivity contribution in [2.75, 3.05) is 13.1 Å². The van der Waals surface area contributed by atoms with E-state index < -0.39 is 0 Å². The largest absolute Gasteiger partial charge is 0.357 e. The molecule has 0 saturated carbocycles. The summed E-state index contributed by atoms with van der Waals surface area (Å²) >= 11 is 0. The molecule has 2 aromatic rings. The van der Waals surface area contributed by atoms with Crippen LogP contribution >= 0.6 is 0 Å². The van der Waals surface area contributed by atoms with Crippen molar-refractivity contribution in [1.82, 2.24) is 35.5 Å². The van der Waals surface area contributed by atoms with E-state index >= 15 is 0 Å². The van der Waals surface area contributed by atoms with Crippen LogP contribution in [0, 0.1) is 0 Å².